The van der Waals surface area contributed by atoms with Crippen molar-refractivity contribution < 1.29 is 28.7 Å². The molecule has 3 unspecified atom stereocenters. The molecule has 0 spiro atoms. The van der Waals surface area contributed by atoms with Crippen molar-refractivity contribution >= 4 is 47.2 Å². The smallest absolute Gasteiger partial charge is 0.407 e. The summed E-state index contributed by atoms with van der Waals surface area (Å²) < 4.78 is 11.1. The molecule has 15 heteroatoms. The number of urea groups is 1. The SMILES string of the molecule is CC(C)C1NC(CN(C)C(=O)N[C@@H](CCNC(=O)OC(C)(C)C)C(=O)N[C@@]2(CCC3(NC(=O)OCc4cncs4)CC3c3ccccc3)C[C@H]2c2ccccc2)=CS1. The Kier molecular flexibility index (Phi) is 13.6. The molecule has 6 rings (SSSR count). The monoisotopic (exact) mass is 831 g/mol. The van der Waals surface area contributed by atoms with Crippen LogP contribution in [0, 0.1) is 5.92 Å². The summed E-state index contributed by atoms with van der Waals surface area (Å²) in [5.41, 5.74) is 2.96. The fourth-order valence-corrected chi connectivity index (χ4v) is 9.07. The van der Waals surface area contributed by atoms with Crippen molar-refractivity contribution in [1.29, 1.82) is 0 Å². The fourth-order valence-electron chi connectivity index (χ4n) is 7.58. The van der Waals surface area contributed by atoms with E-state index in [0.717, 1.165) is 28.1 Å². The second-order valence-corrected chi connectivity index (χ2v) is 19.0. The minimum absolute atomic E-state index is 0.0209. The predicted octanol–water partition coefficient (Wildman–Crippen LogP) is 7.20. The minimum Gasteiger partial charge on any atom is -0.444 e. The number of likely N-dealkylation sites (N-methyl/N-ethyl adjacent to an activating group) is 1. The van der Waals surface area contributed by atoms with Gasteiger partial charge >= 0.3 is 18.2 Å². The van der Waals surface area contributed by atoms with Crippen molar-refractivity contribution in [2.45, 2.75) is 113 Å². The number of ether oxygens (including phenoxy) is 2. The van der Waals surface area contributed by atoms with Crippen LogP contribution >= 0.6 is 23.1 Å². The van der Waals surface area contributed by atoms with Crippen LogP contribution in [0.5, 0.6) is 0 Å². The van der Waals surface area contributed by atoms with Gasteiger partial charge in [-0.3, -0.25) is 9.78 Å². The van der Waals surface area contributed by atoms with E-state index in [9.17, 15) is 19.2 Å². The van der Waals surface area contributed by atoms with E-state index < -0.39 is 40.9 Å². The third-order valence-electron chi connectivity index (χ3n) is 10.9. The Morgan fingerprint density at radius 3 is 2.10 bits per heavy atom. The summed E-state index contributed by atoms with van der Waals surface area (Å²) in [4.78, 5) is 60.5. The second kappa shape index (κ2) is 18.4. The van der Waals surface area contributed by atoms with Crippen molar-refractivity contribution in [2.75, 3.05) is 20.1 Å². The van der Waals surface area contributed by atoms with E-state index in [-0.39, 0.29) is 42.7 Å². The number of alkyl carbamates (subject to hydrolysis) is 2. The van der Waals surface area contributed by atoms with Gasteiger partial charge in [0, 0.05) is 42.9 Å². The third kappa shape index (κ3) is 11.5. The number of nitrogens with zero attached hydrogens (tertiary/aromatic N) is 2. The lowest BCUT2D eigenvalue weighted by atomic mass is 9.94. The quantitative estimate of drug-likeness (QED) is 0.0947. The number of nitrogens with one attached hydrogen (secondary N) is 5. The topological polar surface area (TPSA) is 163 Å². The molecule has 2 aliphatic carbocycles. The number of benzene rings is 2. The summed E-state index contributed by atoms with van der Waals surface area (Å²) in [6.07, 6.45) is 3.31. The van der Waals surface area contributed by atoms with E-state index in [4.69, 9.17) is 9.47 Å². The molecule has 58 heavy (non-hydrogen) atoms. The van der Waals surface area contributed by atoms with Crippen LogP contribution in [-0.2, 0) is 20.9 Å². The number of thioether (sulfide) groups is 1. The molecule has 0 radical (unpaired) electrons. The lowest BCUT2D eigenvalue weighted by Gasteiger charge is -2.29. The molecule has 5 amide bonds. The van der Waals surface area contributed by atoms with Crippen molar-refractivity contribution in [3.05, 3.63) is 99.5 Å². The van der Waals surface area contributed by atoms with Gasteiger partial charge in [0.25, 0.3) is 0 Å². The molecule has 0 saturated heterocycles. The van der Waals surface area contributed by atoms with Crippen LogP contribution in [0.3, 0.4) is 0 Å². The van der Waals surface area contributed by atoms with Gasteiger partial charge in [-0.05, 0) is 75.3 Å². The molecule has 2 saturated carbocycles. The van der Waals surface area contributed by atoms with Gasteiger partial charge in [0.15, 0.2) is 0 Å². The molecule has 312 valence electrons. The molecular weight excluding hydrogens is 775 g/mol. The first-order valence-corrected chi connectivity index (χ1v) is 21.8. The summed E-state index contributed by atoms with van der Waals surface area (Å²) in [6, 6.07) is 18.9. The van der Waals surface area contributed by atoms with Gasteiger partial charge in [-0.2, -0.15) is 0 Å². The highest BCUT2D eigenvalue weighted by Crippen LogP contribution is 2.60. The van der Waals surface area contributed by atoms with Crippen LogP contribution in [0.1, 0.15) is 94.6 Å². The fraction of sp³-hybridized carbons (Fsp3) is 0.512. The lowest BCUT2D eigenvalue weighted by molar-refractivity contribution is -0.124. The summed E-state index contributed by atoms with van der Waals surface area (Å²) >= 11 is 3.12. The van der Waals surface area contributed by atoms with Crippen LogP contribution in [0.25, 0.3) is 0 Å². The van der Waals surface area contributed by atoms with Gasteiger partial charge in [0.1, 0.15) is 18.2 Å². The highest BCUT2D eigenvalue weighted by molar-refractivity contribution is 8.03. The Morgan fingerprint density at radius 1 is 0.931 bits per heavy atom. The molecule has 2 fully saturated rings. The van der Waals surface area contributed by atoms with E-state index in [1.807, 2.05) is 41.8 Å². The molecule has 2 aromatic carbocycles. The van der Waals surface area contributed by atoms with Crippen LogP contribution in [0.15, 0.2) is 83.5 Å². The van der Waals surface area contributed by atoms with E-state index in [1.54, 1.807) is 56.2 Å². The van der Waals surface area contributed by atoms with Gasteiger partial charge < -0.3 is 41.0 Å². The molecule has 3 aliphatic rings. The molecule has 6 atom stereocenters. The van der Waals surface area contributed by atoms with Crippen molar-refractivity contribution in [3.8, 4) is 0 Å². The second-order valence-electron chi connectivity index (χ2n) is 17.0. The van der Waals surface area contributed by atoms with E-state index in [1.165, 1.54) is 11.3 Å². The summed E-state index contributed by atoms with van der Waals surface area (Å²) in [5, 5.41) is 18.1. The zero-order chi connectivity index (χ0) is 41.5. The summed E-state index contributed by atoms with van der Waals surface area (Å²) in [5.74, 6) is 0.163. The van der Waals surface area contributed by atoms with E-state index in [2.05, 4.69) is 69.7 Å². The molecule has 2 heterocycles. The number of hydrogen-bond acceptors (Lipinski definition) is 10. The summed E-state index contributed by atoms with van der Waals surface area (Å²) in [7, 11) is 1.69. The van der Waals surface area contributed by atoms with Crippen LogP contribution in [0.2, 0.25) is 0 Å². The van der Waals surface area contributed by atoms with Crippen LogP contribution in [0.4, 0.5) is 14.4 Å². The summed E-state index contributed by atoms with van der Waals surface area (Å²) in [6.45, 7) is 10.2. The van der Waals surface area contributed by atoms with E-state index >= 15 is 0 Å². The Bertz CT molecular complexity index is 1910. The number of rotatable bonds is 17. The van der Waals surface area contributed by atoms with Crippen LogP contribution < -0.4 is 26.6 Å². The number of carbonyl (C=O) groups is 4. The normalized spacial score (nSPS) is 23.8. The first-order chi connectivity index (χ1) is 27.7. The molecule has 3 aromatic rings. The van der Waals surface area contributed by atoms with Gasteiger partial charge in [0.05, 0.1) is 27.8 Å². The van der Waals surface area contributed by atoms with Gasteiger partial charge in [0.2, 0.25) is 5.91 Å². The Hall–Kier alpha value is -4.76. The predicted molar refractivity (Wildman–Crippen MR) is 227 cm³/mol. The van der Waals surface area contributed by atoms with Crippen molar-refractivity contribution in [1.82, 2.24) is 36.5 Å². The highest BCUT2D eigenvalue weighted by atomic mass is 32.2. The average molecular weight is 832 g/mol. The standard InChI is InChI=1S/C43H57N7O6S2/c1-28(2)37-46-31(26-57-37)24-50(6)38(52)47-35(17-20-45-39(53)56-41(3,4)5)36(51)48-42(21-33(42)29-13-9-7-10-14-29)18-19-43(22-34(43)30-15-11-8-12-16-30)49-40(54)55-25-32-23-44-27-58-32/h7-16,23,26-28,33-35,37,46H,17-22,24-25H2,1-6H3,(H,45,53)(H,47,52)(H,48,51)(H,49,54)/t33-,34?,35-,37?,42-,43?/m0/s1. The lowest BCUT2D eigenvalue weighted by Crippen LogP contribution is -2.54. The maximum absolute atomic E-state index is 14.5. The molecule has 1 aliphatic heterocycles. The first kappa shape index (κ1) is 42.8. The number of hydrogen-bond donors (Lipinski definition) is 5. The largest absolute Gasteiger partial charge is 0.444 e. The molecule has 5 N–H and O–H groups in total. The Labute approximate surface area is 349 Å². The maximum atomic E-state index is 14.5. The van der Waals surface area contributed by atoms with E-state index in [0.29, 0.717) is 31.7 Å². The highest BCUT2D eigenvalue weighted by Gasteiger charge is 2.61. The third-order valence-corrected chi connectivity index (χ3v) is 13.0. The minimum atomic E-state index is -0.964. The molecule has 0 bridgehead atoms. The number of thiazole rings is 1. The molecule has 1 aromatic heterocycles. The molecule has 13 nitrogen and oxygen atoms in total. The average Bonchev–Trinajstić information content (AvgIpc) is 3.87. The Balaban J connectivity index is 1.18. The number of aromatic nitrogens is 1. The number of carbonyl (C=O) groups excluding carboxylic acids is 4. The first-order valence-electron chi connectivity index (χ1n) is 20.0. The van der Waals surface area contributed by atoms with Crippen LogP contribution in [-0.4, -0.2) is 82.2 Å². The number of amides is 5. The van der Waals surface area contributed by atoms with Gasteiger partial charge in [-0.25, -0.2) is 14.4 Å². The van der Waals surface area contributed by atoms with Gasteiger partial charge in [-0.1, -0.05) is 74.5 Å². The van der Waals surface area contributed by atoms with Crippen molar-refractivity contribution in [3.63, 3.8) is 0 Å². The maximum Gasteiger partial charge on any atom is 0.407 e. The zero-order valence-corrected chi connectivity index (χ0v) is 35.8. The Morgan fingerprint density at radius 2 is 1.55 bits per heavy atom. The van der Waals surface area contributed by atoms with Crippen molar-refractivity contribution in [2.24, 2.45) is 5.92 Å². The van der Waals surface area contributed by atoms with Gasteiger partial charge in [-0.15, -0.1) is 23.1 Å². The molecular formula is C43H57N7O6S2. The zero-order valence-electron chi connectivity index (χ0n) is 34.2.